The molecule has 0 fully saturated rings. The second kappa shape index (κ2) is 5.60. The number of anilines is 1. The minimum Gasteiger partial charge on any atom is -0.434 e. The Morgan fingerprint density at radius 2 is 1.90 bits per heavy atom. The monoisotopic (exact) mass is 342 g/mol. The number of halogens is 3. The van der Waals surface area contributed by atoms with Crippen molar-refractivity contribution in [1.82, 2.24) is 14.4 Å². The average molecular weight is 344 g/mol. The molecule has 21 heavy (non-hydrogen) atoms. The largest absolute Gasteiger partial charge is 0.434 e. The summed E-state index contributed by atoms with van der Waals surface area (Å²) >= 11 is 18.0. The standard InChI is InChI=1S/C13H9Cl3N4O/c1-17-11-6-20-3-2-18-12(20)13(19-11)21-10-5-8(15)7(14)4-9(10)16/h2-6,17H,1H3. The zero-order chi connectivity index (χ0) is 15.0. The zero-order valence-corrected chi connectivity index (χ0v) is 13.0. The Morgan fingerprint density at radius 3 is 2.67 bits per heavy atom. The van der Waals surface area contributed by atoms with E-state index < -0.39 is 0 Å². The molecule has 3 aromatic rings. The summed E-state index contributed by atoms with van der Waals surface area (Å²) in [5, 5.41) is 3.99. The van der Waals surface area contributed by atoms with Gasteiger partial charge in [-0.1, -0.05) is 34.8 Å². The molecule has 3 rings (SSSR count). The van der Waals surface area contributed by atoms with Crippen molar-refractivity contribution in [2.75, 3.05) is 12.4 Å². The normalized spacial score (nSPS) is 10.9. The average Bonchev–Trinajstić information content (AvgIpc) is 2.93. The summed E-state index contributed by atoms with van der Waals surface area (Å²) in [5.41, 5.74) is 0.566. The first kappa shape index (κ1) is 14.3. The summed E-state index contributed by atoms with van der Waals surface area (Å²) in [4.78, 5) is 8.53. The van der Waals surface area contributed by atoms with Crippen LogP contribution in [-0.2, 0) is 0 Å². The number of ether oxygens (including phenoxy) is 1. The van der Waals surface area contributed by atoms with E-state index in [-0.39, 0.29) is 0 Å². The molecule has 0 aliphatic carbocycles. The van der Waals surface area contributed by atoms with E-state index in [0.29, 0.717) is 38.2 Å². The van der Waals surface area contributed by atoms with E-state index in [1.165, 1.54) is 6.07 Å². The van der Waals surface area contributed by atoms with Gasteiger partial charge in [0.05, 0.1) is 21.3 Å². The van der Waals surface area contributed by atoms with Gasteiger partial charge in [-0.2, -0.15) is 4.98 Å². The highest BCUT2D eigenvalue weighted by atomic mass is 35.5. The lowest BCUT2D eigenvalue weighted by Gasteiger charge is -2.10. The maximum absolute atomic E-state index is 6.11. The lowest BCUT2D eigenvalue weighted by atomic mass is 10.3. The molecule has 0 unspecified atom stereocenters. The minimum atomic E-state index is 0.312. The first-order chi connectivity index (χ1) is 10.1. The molecular weight excluding hydrogens is 335 g/mol. The number of nitrogens with zero attached hydrogens (tertiary/aromatic N) is 3. The van der Waals surface area contributed by atoms with E-state index in [1.54, 1.807) is 36.1 Å². The Hall–Kier alpha value is -1.69. The predicted octanol–water partition coefficient (Wildman–Crippen LogP) is 4.52. The van der Waals surface area contributed by atoms with Crippen LogP contribution in [0.3, 0.4) is 0 Å². The fourth-order valence-electron chi connectivity index (χ4n) is 1.78. The Kier molecular flexibility index (Phi) is 3.80. The molecule has 1 N–H and O–H groups in total. The van der Waals surface area contributed by atoms with Gasteiger partial charge in [-0.05, 0) is 6.07 Å². The fourth-order valence-corrected chi connectivity index (χ4v) is 2.35. The first-order valence-electron chi connectivity index (χ1n) is 5.92. The highest BCUT2D eigenvalue weighted by molar-refractivity contribution is 6.43. The van der Waals surface area contributed by atoms with Gasteiger partial charge in [-0.15, -0.1) is 0 Å². The van der Waals surface area contributed by atoms with E-state index >= 15 is 0 Å². The van der Waals surface area contributed by atoms with Crippen LogP contribution in [0, 0.1) is 0 Å². The molecule has 1 aromatic carbocycles. The van der Waals surface area contributed by atoms with Crippen LogP contribution in [0.1, 0.15) is 0 Å². The first-order valence-corrected chi connectivity index (χ1v) is 7.05. The molecule has 0 radical (unpaired) electrons. The van der Waals surface area contributed by atoms with E-state index in [0.717, 1.165) is 0 Å². The van der Waals surface area contributed by atoms with Crippen molar-refractivity contribution in [1.29, 1.82) is 0 Å². The van der Waals surface area contributed by atoms with Crippen molar-refractivity contribution in [2.45, 2.75) is 0 Å². The number of hydrogen-bond donors (Lipinski definition) is 1. The third-order valence-corrected chi connectivity index (χ3v) is 3.80. The Bertz CT molecular complexity index is 819. The summed E-state index contributed by atoms with van der Waals surface area (Å²) in [6.45, 7) is 0. The third kappa shape index (κ3) is 2.72. The van der Waals surface area contributed by atoms with Crippen LogP contribution in [0.4, 0.5) is 5.82 Å². The summed E-state index contributed by atoms with van der Waals surface area (Å²) < 4.78 is 7.54. The van der Waals surface area contributed by atoms with Gasteiger partial charge < -0.3 is 10.1 Å². The molecule has 0 spiro atoms. The Balaban J connectivity index is 2.09. The number of rotatable bonds is 3. The maximum atomic E-state index is 6.11. The van der Waals surface area contributed by atoms with Gasteiger partial charge in [0, 0.05) is 25.5 Å². The zero-order valence-electron chi connectivity index (χ0n) is 10.8. The van der Waals surface area contributed by atoms with Crippen molar-refractivity contribution in [3.05, 3.63) is 45.8 Å². The Morgan fingerprint density at radius 1 is 1.14 bits per heavy atom. The number of imidazole rings is 1. The highest BCUT2D eigenvalue weighted by Gasteiger charge is 2.13. The lowest BCUT2D eigenvalue weighted by molar-refractivity contribution is 0.466. The van der Waals surface area contributed by atoms with Gasteiger partial charge in [0.2, 0.25) is 5.65 Å². The number of nitrogens with one attached hydrogen (secondary N) is 1. The molecule has 0 saturated carbocycles. The molecule has 0 bridgehead atoms. The van der Waals surface area contributed by atoms with Gasteiger partial charge in [0.1, 0.15) is 11.6 Å². The molecule has 0 saturated heterocycles. The topological polar surface area (TPSA) is 51.5 Å². The minimum absolute atomic E-state index is 0.312. The van der Waals surface area contributed by atoms with Crippen molar-refractivity contribution >= 4 is 46.3 Å². The van der Waals surface area contributed by atoms with Crippen LogP contribution in [0.2, 0.25) is 15.1 Å². The van der Waals surface area contributed by atoms with Crippen LogP contribution in [0.5, 0.6) is 11.6 Å². The second-order valence-corrected chi connectivity index (χ2v) is 5.36. The third-order valence-electron chi connectivity index (χ3n) is 2.78. The lowest BCUT2D eigenvalue weighted by Crippen LogP contribution is -2.00. The van der Waals surface area contributed by atoms with Crippen molar-refractivity contribution < 1.29 is 4.74 Å². The maximum Gasteiger partial charge on any atom is 0.265 e. The quantitative estimate of drug-likeness (QED) is 0.710. The van der Waals surface area contributed by atoms with Crippen molar-refractivity contribution in [3.63, 3.8) is 0 Å². The molecule has 0 aliphatic heterocycles. The van der Waals surface area contributed by atoms with Crippen LogP contribution in [0.25, 0.3) is 5.65 Å². The van der Waals surface area contributed by atoms with Gasteiger partial charge in [-0.25, -0.2) is 4.98 Å². The van der Waals surface area contributed by atoms with Crippen molar-refractivity contribution in [3.8, 4) is 11.6 Å². The summed E-state index contributed by atoms with van der Waals surface area (Å²) in [6.07, 6.45) is 5.24. The van der Waals surface area contributed by atoms with Gasteiger partial charge in [0.25, 0.3) is 5.88 Å². The van der Waals surface area contributed by atoms with E-state index in [2.05, 4.69) is 15.3 Å². The highest BCUT2D eigenvalue weighted by Crippen LogP contribution is 2.36. The van der Waals surface area contributed by atoms with Gasteiger partial charge >= 0.3 is 0 Å². The summed E-state index contributed by atoms with van der Waals surface area (Å²) in [6, 6.07) is 3.06. The molecule has 0 amide bonds. The van der Waals surface area contributed by atoms with Crippen LogP contribution in [0.15, 0.2) is 30.7 Å². The SMILES string of the molecule is CNc1cn2ccnc2c(Oc2cc(Cl)c(Cl)cc2Cl)n1. The number of aromatic nitrogens is 3. The summed E-state index contributed by atoms with van der Waals surface area (Å²) in [7, 11) is 1.76. The smallest absolute Gasteiger partial charge is 0.265 e. The van der Waals surface area contributed by atoms with Crippen LogP contribution < -0.4 is 10.1 Å². The second-order valence-electron chi connectivity index (χ2n) is 4.14. The molecule has 2 heterocycles. The fraction of sp³-hybridized carbons (Fsp3) is 0.0769. The van der Waals surface area contributed by atoms with Crippen LogP contribution in [-0.4, -0.2) is 21.4 Å². The van der Waals surface area contributed by atoms with Gasteiger partial charge in [0.15, 0.2) is 0 Å². The van der Waals surface area contributed by atoms with E-state index in [1.807, 2.05) is 0 Å². The molecule has 0 atom stereocenters. The van der Waals surface area contributed by atoms with Crippen LogP contribution >= 0.6 is 34.8 Å². The summed E-state index contributed by atoms with van der Waals surface area (Å²) in [5.74, 6) is 1.30. The van der Waals surface area contributed by atoms with E-state index in [4.69, 9.17) is 39.5 Å². The number of fused-ring (bicyclic) bond motifs is 1. The molecule has 2 aromatic heterocycles. The number of hydrogen-bond acceptors (Lipinski definition) is 4. The van der Waals surface area contributed by atoms with Crippen molar-refractivity contribution in [2.24, 2.45) is 0 Å². The molecule has 5 nitrogen and oxygen atoms in total. The molecule has 8 heteroatoms. The predicted molar refractivity (Wildman–Crippen MR) is 84.1 cm³/mol. The molecule has 108 valence electrons. The van der Waals surface area contributed by atoms with Gasteiger partial charge in [-0.3, -0.25) is 4.40 Å². The Labute approximate surface area is 135 Å². The molecular formula is C13H9Cl3N4O. The van der Waals surface area contributed by atoms with E-state index in [9.17, 15) is 0 Å². The number of benzene rings is 1. The molecule has 0 aliphatic rings.